The molecule has 0 aliphatic carbocycles. The summed E-state index contributed by atoms with van der Waals surface area (Å²) in [5.41, 5.74) is 8.84. The van der Waals surface area contributed by atoms with Gasteiger partial charge in [0.1, 0.15) is 5.82 Å². The van der Waals surface area contributed by atoms with Crippen molar-refractivity contribution in [2.75, 3.05) is 6.54 Å². The lowest BCUT2D eigenvalue weighted by Crippen LogP contribution is -1.84. The molecule has 0 N–H and O–H groups in total. The van der Waals surface area contributed by atoms with Crippen LogP contribution in [0.2, 0.25) is 0 Å². The zero-order valence-corrected chi connectivity index (χ0v) is 8.89. The van der Waals surface area contributed by atoms with Crippen LogP contribution in [-0.2, 0) is 0 Å². The van der Waals surface area contributed by atoms with Crippen LogP contribution in [0.25, 0.3) is 21.2 Å². The van der Waals surface area contributed by atoms with Crippen LogP contribution in [-0.4, -0.2) is 6.54 Å². The van der Waals surface area contributed by atoms with Crippen LogP contribution in [0.15, 0.2) is 41.5 Å². The molecule has 0 saturated carbocycles. The number of hydrogen-bond donors (Lipinski definition) is 0. The summed E-state index contributed by atoms with van der Waals surface area (Å²) in [4.78, 5) is 2.61. The van der Waals surface area contributed by atoms with Crippen LogP contribution in [0.3, 0.4) is 0 Å². The minimum absolute atomic E-state index is 0.113. The Kier molecular flexibility index (Phi) is 3.25. The number of azide groups is 1. The summed E-state index contributed by atoms with van der Waals surface area (Å²) in [5, 5.41) is 4.63. The monoisotopic (exact) mass is 225 g/mol. The van der Waals surface area contributed by atoms with Crippen molar-refractivity contribution in [3.63, 3.8) is 0 Å². The van der Waals surface area contributed by atoms with Crippen molar-refractivity contribution in [1.82, 2.24) is 0 Å². The first-order chi connectivity index (χ1) is 8.33. The summed E-state index contributed by atoms with van der Waals surface area (Å²) >= 11 is 0. The van der Waals surface area contributed by atoms with Gasteiger partial charge in [-0.15, -0.1) is 0 Å². The molecule has 0 bridgehead atoms. The van der Waals surface area contributed by atoms with Crippen LogP contribution in [0.5, 0.6) is 0 Å². The summed E-state index contributed by atoms with van der Waals surface area (Å²) in [6, 6.07) is 10.2. The molecule has 0 aromatic heterocycles. The molecule has 2 aromatic rings. The van der Waals surface area contributed by atoms with Gasteiger partial charge in [0.2, 0.25) is 0 Å². The topological polar surface area (TPSA) is 48.8 Å². The molecule has 0 radical (unpaired) electrons. The van der Waals surface area contributed by atoms with Crippen LogP contribution >= 0.6 is 0 Å². The maximum Gasteiger partial charge on any atom is 0.131 e. The fourth-order valence-corrected chi connectivity index (χ4v) is 1.57. The number of fused-ring (bicyclic) bond motifs is 1. The van der Waals surface area contributed by atoms with Crippen molar-refractivity contribution in [3.8, 4) is 11.8 Å². The lowest BCUT2D eigenvalue weighted by Gasteiger charge is -2.01. The molecule has 0 spiro atoms. The van der Waals surface area contributed by atoms with Gasteiger partial charge in [0.25, 0.3) is 0 Å². The largest absolute Gasteiger partial charge is 0.206 e. The van der Waals surface area contributed by atoms with Crippen molar-refractivity contribution in [2.45, 2.75) is 0 Å². The quantitative estimate of drug-likeness (QED) is 0.308. The molecular weight excluding hydrogens is 217 g/mol. The van der Waals surface area contributed by atoms with E-state index in [1.54, 1.807) is 18.2 Å². The number of halogens is 1. The van der Waals surface area contributed by atoms with Crippen LogP contribution in [0.4, 0.5) is 4.39 Å². The van der Waals surface area contributed by atoms with E-state index in [9.17, 15) is 4.39 Å². The third-order valence-electron chi connectivity index (χ3n) is 2.31. The Balaban J connectivity index is 2.50. The minimum Gasteiger partial charge on any atom is -0.206 e. The SMILES string of the molecule is [N-]=[N+]=NCC#Cc1ccc(F)c2ccccc12. The maximum atomic E-state index is 13.5. The Labute approximate surface area is 97.5 Å². The van der Waals surface area contributed by atoms with E-state index in [0.717, 1.165) is 10.9 Å². The Morgan fingerprint density at radius 2 is 1.94 bits per heavy atom. The fourth-order valence-electron chi connectivity index (χ4n) is 1.57. The van der Waals surface area contributed by atoms with Gasteiger partial charge in [-0.25, -0.2) is 4.39 Å². The molecule has 0 saturated heterocycles. The average molecular weight is 225 g/mol. The Morgan fingerprint density at radius 3 is 2.71 bits per heavy atom. The summed E-state index contributed by atoms with van der Waals surface area (Å²) in [6.45, 7) is 0.113. The third-order valence-corrected chi connectivity index (χ3v) is 2.31. The van der Waals surface area contributed by atoms with E-state index in [2.05, 4.69) is 21.9 Å². The highest BCUT2D eigenvalue weighted by atomic mass is 19.1. The second kappa shape index (κ2) is 5.02. The van der Waals surface area contributed by atoms with E-state index in [0.29, 0.717) is 5.39 Å². The highest BCUT2D eigenvalue weighted by Gasteiger charge is 2.02. The Morgan fingerprint density at radius 1 is 1.18 bits per heavy atom. The molecule has 82 valence electrons. The zero-order chi connectivity index (χ0) is 12.1. The molecule has 0 aliphatic heterocycles. The minimum atomic E-state index is -0.263. The molecule has 17 heavy (non-hydrogen) atoms. The van der Waals surface area contributed by atoms with Crippen molar-refractivity contribution in [3.05, 3.63) is 58.2 Å². The van der Waals surface area contributed by atoms with E-state index in [4.69, 9.17) is 5.53 Å². The van der Waals surface area contributed by atoms with Crippen molar-refractivity contribution >= 4 is 10.8 Å². The van der Waals surface area contributed by atoms with E-state index < -0.39 is 0 Å². The first-order valence-electron chi connectivity index (χ1n) is 5.00. The predicted octanol–water partition coefficient (Wildman–Crippen LogP) is 3.64. The molecule has 0 atom stereocenters. The molecule has 3 nitrogen and oxygen atoms in total. The number of rotatable bonds is 1. The normalized spacial score (nSPS) is 9.24. The molecule has 0 aliphatic rings. The summed E-state index contributed by atoms with van der Waals surface area (Å²) < 4.78 is 13.5. The summed E-state index contributed by atoms with van der Waals surface area (Å²) in [6.07, 6.45) is 0. The van der Waals surface area contributed by atoms with Crippen LogP contribution in [0, 0.1) is 17.7 Å². The van der Waals surface area contributed by atoms with Gasteiger partial charge in [0.15, 0.2) is 0 Å². The van der Waals surface area contributed by atoms with E-state index in [1.165, 1.54) is 6.07 Å². The molecule has 2 aromatic carbocycles. The van der Waals surface area contributed by atoms with Crippen LogP contribution < -0.4 is 0 Å². The molecule has 0 heterocycles. The standard InChI is InChI=1S/C13H8FN3/c14-13-8-7-10(4-3-9-16-17-15)11-5-1-2-6-12(11)13/h1-2,5-8H,9H2. The average Bonchev–Trinajstić information content (AvgIpc) is 2.37. The molecule has 0 fully saturated rings. The molecule has 2 rings (SSSR count). The molecular formula is C13H8FN3. The highest BCUT2D eigenvalue weighted by Crippen LogP contribution is 2.20. The smallest absolute Gasteiger partial charge is 0.131 e. The summed E-state index contributed by atoms with van der Waals surface area (Å²) in [5.74, 6) is 5.33. The maximum absolute atomic E-state index is 13.5. The lowest BCUT2D eigenvalue weighted by molar-refractivity contribution is 0.640. The number of hydrogen-bond acceptors (Lipinski definition) is 1. The van der Waals surface area contributed by atoms with Crippen molar-refractivity contribution in [2.24, 2.45) is 5.11 Å². The van der Waals surface area contributed by atoms with E-state index >= 15 is 0 Å². The first-order valence-corrected chi connectivity index (χ1v) is 5.00. The van der Waals surface area contributed by atoms with Gasteiger partial charge in [-0.3, -0.25) is 0 Å². The third kappa shape index (κ3) is 2.36. The van der Waals surface area contributed by atoms with Gasteiger partial charge in [-0.1, -0.05) is 41.2 Å². The molecule has 4 heteroatoms. The van der Waals surface area contributed by atoms with Gasteiger partial charge in [-0.2, -0.15) is 0 Å². The van der Waals surface area contributed by atoms with Gasteiger partial charge in [0.05, 0.1) is 6.54 Å². The molecule has 0 amide bonds. The fraction of sp³-hybridized carbons (Fsp3) is 0.0769. The van der Waals surface area contributed by atoms with Crippen LogP contribution in [0.1, 0.15) is 5.56 Å². The highest BCUT2D eigenvalue weighted by molar-refractivity contribution is 5.88. The van der Waals surface area contributed by atoms with E-state index in [1.807, 2.05) is 12.1 Å². The van der Waals surface area contributed by atoms with Crippen molar-refractivity contribution in [1.29, 1.82) is 0 Å². The number of benzene rings is 2. The van der Waals surface area contributed by atoms with E-state index in [-0.39, 0.29) is 12.4 Å². The predicted molar refractivity (Wildman–Crippen MR) is 64.8 cm³/mol. The zero-order valence-electron chi connectivity index (χ0n) is 8.89. The van der Waals surface area contributed by atoms with Gasteiger partial charge in [-0.05, 0) is 17.7 Å². The Hall–Kier alpha value is -2.50. The second-order valence-corrected chi connectivity index (χ2v) is 3.33. The van der Waals surface area contributed by atoms with Crippen molar-refractivity contribution < 1.29 is 4.39 Å². The molecule has 0 unspecified atom stereocenters. The summed E-state index contributed by atoms with van der Waals surface area (Å²) in [7, 11) is 0. The second-order valence-electron chi connectivity index (χ2n) is 3.33. The lowest BCUT2D eigenvalue weighted by atomic mass is 10.0. The van der Waals surface area contributed by atoms with Gasteiger partial charge < -0.3 is 0 Å². The van der Waals surface area contributed by atoms with Gasteiger partial charge in [0, 0.05) is 21.2 Å². The Bertz CT molecular complexity index is 661. The number of nitrogens with zero attached hydrogens (tertiary/aromatic N) is 3. The van der Waals surface area contributed by atoms with Gasteiger partial charge >= 0.3 is 0 Å². The first kappa shape index (κ1) is 11.0.